The molecule has 0 spiro atoms. The van der Waals surface area contributed by atoms with Crippen LogP contribution in [0.25, 0.3) is 0 Å². The Morgan fingerprint density at radius 2 is 2.10 bits per heavy atom. The molecule has 1 saturated heterocycles. The first-order chi connectivity index (χ1) is 10.3. The standard InChI is InChI=1S/C17H28N2O2/c18-10-9-15-5-7-17(8-6-15)21-14-12-19-11-1-3-16(19)4-2-13-20/h5-8,16,20H,1-4,9-14,18H2. The minimum Gasteiger partial charge on any atom is -0.492 e. The molecule has 21 heavy (non-hydrogen) atoms. The van der Waals surface area contributed by atoms with Crippen LogP contribution in [0, 0.1) is 0 Å². The summed E-state index contributed by atoms with van der Waals surface area (Å²) in [6.45, 7) is 3.85. The SMILES string of the molecule is NCCc1ccc(OCCN2CCCC2CCCO)cc1. The molecule has 4 nitrogen and oxygen atoms in total. The number of aliphatic hydroxyl groups is 1. The van der Waals surface area contributed by atoms with Gasteiger partial charge in [0.2, 0.25) is 0 Å². The number of benzene rings is 1. The molecule has 0 aromatic heterocycles. The summed E-state index contributed by atoms with van der Waals surface area (Å²) < 4.78 is 5.83. The van der Waals surface area contributed by atoms with Gasteiger partial charge in [0.05, 0.1) is 0 Å². The maximum atomic E-state index is 8.95. The predicted octanol–water partition coefficient (Wildman–Crippen LogP) is 1.80. The van der Waals surface area contributed by atoms with Crippen molar-refractivity contribution in [2.75, 3.05) is 32.8 Å². The summed E-state index contributed by atoms with van der Waals surface area (Å²) in [6, 6.07) is 8.85. The quantitative estimate of drug-likeness (QED) is 0.729. The lowest BCUT2D eigenvalue weighted by atomic mass is 10.1. The molecule has 1 atom stereocenters. The van der Waals surface area contributed by atoms with Gasteiger partial charge in [0.1, 0.15) is 12.4 Å². The van der Waals surface area contributed by atoms with Crippen molar-refractivity contribution in [1.29, 1.82) is 0 Å². The largest absolute Gasteiger partial charge is 0.492 e. The molecule has 1 aliphatic heterocycles. The van der Waals surface area contributed by atoms with E-state index in [1.165, 1.54) is 18.4 Å². The highest BCUT2D eigenvalue weighted by atomic mass is 16.5. The van der Waals surface area contributed by atoms with Crippen LogP contribution in [0.3, 0.4) is 0 Å². The normalized spacial score (nSPS) is 19.0. The number of nitrogens with two attached hydrogens (primary N) is 1. The molecule has 1 heterocycles. The third kappa shape index (κ3) is 5.30. The Kier molecular flexibility index (Phi) is 7.00. The molecule has 0 radical (unpaired) electrons. The molecule has 0 amide bonds. The van der Waals surface area contributed by atoms with E-state index in [0.717, 1.165) is 44.7 Å². The molecule has 118 valence electrons. The van der Waals surface area contributed by atoms with Gasteiger partial charge in [-0.2, -0.15) is 0 Å². The van der Waals surface area contributed by atoms with E-state index in [9.17, 15) is 0 Å². The van der Waals surface area contributed by atoms with Crippen molar-refractivity contribution in [3.05, 3.63) is 29.8 Å². The van der Waals surface area contributed by atoms with Crippen LogP contribution in [0.15, 0.2) is 24.3 Å². The van der Waals surface area contributed by atoms with Crippen LogP contribution in [0.5, 0.6) is 5.75 Å². The number of likely N-dealkylation sites (tertiary alicyclic amines) is 1. The van der Waals surface area contributed by atoms with Gasteiger partial charge >= 0.3 is 0 Å². The lowest BCUT2D eigenvalue weighted by molar-refractivity contribution is 0.180. The minimum atomic E-state index is 0.302. The monoisotopic (exact) mass is 292 g/mol. The van der Waals surface area contributed by atoms with Crippen LogP contribution in [0.1, 0.15) is 31.2 Å². The average molecular weight is 292 g/mol. The lowest BCUT2D eigenvalue weighted by Crippen LogP contribution is -2.33. The van der Waals surface area contributed by atoms with Crippen LogP contribution in [0.4, 0.5) is 0 Å². The van der Waals surface area contributed by atoms with Gasteiger partial charge in [0.25, 0.3) is 0 Å². The van der Waals surface area contributed by atoms with E-state index in [1.807, 2.05) is 12.1 Å². The Morgan fingerprint density at radius 3 is 2.81 bits per heavy atom. The number of nitrogens with zero attached hydrogens (tertiary/aromatic N) is 1. The van der Waals surface area contributed by atoms with Crippen molar-refractivity contribution in [2.24, 2.45) is 5.73 Å². The molecule has 4 heteroatoms. The maximum absolute atomic E-state index is 8.95. The summed E-state index contributed by atoms with van der Waals surface area (Å²) >= 11 is 0. The van der Waals surface area contributed by atoms with Crippen molar-refractivity contribution in [2.45, 2.75) is 38.1 Å². The smallest absolute Gasteiger partial charge is 0.119 e. The molecular formula is C17H28N2O2. The molecule has 2 rings (SSSR count). The summed E-state index contributed by atoms with van der Waals surface area (Å²) in [5.41, 5.74) is 6.80. The highest BCUT2D eigenvalue weighted by Gasteiger charge is 2.23. The van der Waals surface area contributed by atoms with Crippen LogP contribution in [0.2, 0.25) is 0 Å². The van der Waals surface area contributed by atoms with Gasteiger partial charge < -0.3 is 15.6 Å². The highest BCUT2D eigenvalue weighted by Crippen LogP contribution is 2.21. The second-order valence-corrected chi connectivity index (χ2v) is 5.73. The second kappa shape index (κ2) is 9.03. The first-order valence-corrected chi connectivity index (χ1v) is 8.10. The van der Waals surface area contributed by atoms with E-state index in [-0.39, 0.29) is 0 Å². The minimum absolute atomic E-state index is 0.302. The van der Waals surface area contributed by atoms with Crippen molar-refractivity contribution in [3.63, 3.8) is 0 Å². The molecular weight excluding hydrogens is 264 g/mol. The third-order valence-electron chi connectivity index (χ3n) is 4.20. The number of hydrogen-bond acceptors (Lipinski definition) is 4. The van der Waals surface area contributed by atoms with Gasteiger partial charge in [-0.3, -0.25) is 4.90 Å². The third-order valence-corrected chi connectivity index (χ3v) is 4.20. The van der Waals surface area contributed by atoms with Gasteiger partial charge in [-0.05, 0) is 62.9 Å². The Balaban J connectivity index is 1.70. The molecule has 1 aromatic rings. The van der Waals surface area contributed by atoms with Crippen LogP contribution >= 0.6 is 0 Å². The Hall–Kier alpha value is -1.10. The molecule has 0 saturated carbocycles. The summed E-state index contributed by atoms with van der Waals surface area (Å²) in [6.07, 6.45) is 5.45. The fourth-order valence-corrected chi connectivity index (χ4v) is 3.04. The van der Waals surface area contributed by atoms with E-state index in [4.69, 9.17) is 15.6 Å². The molecule has 1 aromatic carbocycles. The number of ether oxygens (including phenoxy) is 1. The van der Waals surface area contributed by atoms with Crippen molar-refractivity contribution >= 4 is 0 Å². The fraction of sp³-hybridized carbons (Fsp3) is 0.647. The van der Waals surface area contributed by atoms with E-state index in [0.29, 0.717) is 19.2 Å². The van der Waals surface area contributed by atoms with Gasteiger partial charge in [0, 0.05) is 19.2 Å². The van der Waals surface area contributed by atoms with E-state index < -0.39 is 0 Å². The zero-order valence-electron chi connectivity index (χ0n) is 12.8. The van der Waals surface area contributed by atoms with E-state index >= 15 is 0 Å². The van der Waals surface area contributed by atoms with E-state index in [1.54, 1.807) is 0 Å². The lowest BCUT2D eigenvalue weighted by Gasteiger charge is -2.24. The molecule has 0 aliphatic carbocycles. The summed E-state index contributed by atoms with van der Waals surface area (Å²) in [4.78, 5) is 2.50. The van der Waals surface area contributed by atoms with Crippen LogP contribution in [-0.4, -0.2) is 48.9 Å². The summed E-state index contributed by atoms with van der Waals surface area (Å²) in [5.74, 6) is 0.932. The predicted molar refractivity (Wildman–Crippen MR) is 85.6 cm³/mol. The molecule has 3 N–H and O–H groups in total. The van der Waals surface area contributed by atoms with Crippen molar-refractivity contribution < 1.29 is 9.84 Å². The fourth-order valence-electron chi connectivity index (χ4n) is 3.04. The van der Waals surface area contributed by atoms with Gasteiger partial charge in [-0.1, -0.05) is 12.1 Å². The highest BCUT2D eigenvalue weighted by molar-refractivity contribution is 5.27. The maximum Gasteiger partial charge on any atom is 0.119 e. The molecule has 1 unspecified atom stereocenters. The Bertz CT molecular complexity index is 394. The second-order valence-electron chi connectivity index (χ2n) is 5.73. The first-order valence-electron chi connectivity index (χ1n) is 8.10. The van der Waals surface area contributed by atoms with Crippen molar-refractivity contribution in [1.82, 2.24) is 4.90 Å². The van der Waals surface area contributed by atoms with Crippen LogP contribution in [-0.2, 0) is 6.42 Å². The molecule has 0 bridgehead atoms. The average Bonchev–Trinajstić information content (AvgIpc) is 2.95. The number of aliphatic hydroxyl groups excluding tert-OH is 1. The summed E-state index contributed by atoms with van der Waals surface area (Å²) in [5, 5.41) is 8.95. The van der Waals surface area contributed by atoms with Gasteiger partial charge in [0.15, 0.2) is 0 Å². The topological polar surface area (TPSA) is 58.7 Å². The number of rotatable bonds is 9. The Labute approximate surface area is 127 Å². The Morgan fingerprint density at radius 1 is 1.29 bits per heavy atom. The van der Waals surface area contributed by atoms with Crippen LogP contribution < -0.4 is 10.5 Å². The summed E-state index contributed by atoms with van der Waals surface area (Å²) in [7, 11) is 0. The van der Waals surface area contributed by atoms with Gasteiger partial charge in [-0.25, -0.2) is 0 Å². The first kappa shape index (κ1) is 16.3. The van der Waals surface area contributed by atoms with E-state index in [2.05, 4.69) is 17.0 Å². The molecule has 1 fully saturated rings. The zero-order chi connectivity index (χ0) is 14.9. The molecule has 1 aliphatic rings. The van der Waals surface area contributed by atoms with Gasteiger partial charge in [-0.15, -0.1) is 0 Å². The van der Waals surface area contributed by atoms with Crippen molar-refractivity contribution in [3.8, 4) is 5.75 Å². The number of hydrogen-bond donors (Lipinski definition) is 2. The zero-order valence-corrected chi connectivity index (χ0v) is 12.8.